The first-order valence-corrected chi connectivity index (χ1v) is 5.78. The van der Waals surface area contributed by atoms with Crippen LogP contribution in [0.5, 0.6) is 0 Å². The first kappa shape index (κ1) is 11.7. The van der Waals surface area contributed by atoms with Crippen molar-refractivity contribution in [2.24, 2.45) is 0 Å². The maximum Gasteiger partial charge on any atom is 0.130 e. The zero-order valence-corrected chi connectivity index (χ0v) is 10.1. The number of carbonyl (C=O) groups excluding carboxylic acids is 1. The van der Waals surface area contributed by atoms with E-state index in [4.69, 9.17) is 8.83 Å². The molecule has 2 rings (SSSR count). The van der Waals surface area contributed by atoms with E-state index in [0.29, 0.717) is 12.8 Å². The summed E-state index contributed by atoms with van der Waals surface area (Å²) in [5.74, 6) is 2.91. The summed E-state index contributed by atoms with van der Waals surface area (Å²) in [4.78, 5) is 10.9. The molecule has 0 saturated heterocycles. The van der Waals surface area contributed by atoms with Crippen molar-refractivity contribution in [3.05, 3.63) is 47.8 Å². The van der Waals surface area contributed by atoms with E-state index >= 15 is 0 Å². The molecule has 2 aromatic rings. The third kappa shape index (κ3) is 2.87. The third-order valence-corrected chi connectivity index (χ3v) is 2.80. The summed E-state index contributed by atoms with van der Waals surface area (Å²) in [5.41, 5.74) is 0. The topological polar surface area (TPSA) is 43.4 Å². The molecule has 0 aromatic carbocycles. The summed E-state index contributed by atoms with van der Waals surface area (Å²) in [7, 11) is 0. The second-order valence-corrected chi connectivity index (χ2v) is 4.24. The second kappa shape index (κ2) is 5.04. The summed E-state index contributed by atoms with van der Waals surface area (Å²) >= 11 is 0. The number of aryl methyl sites for hydroxylation is 1. The van der Waals surface area contributed by atoms with Gasteiger partial charge >= 0.3 is 0 Å². The van der Waals surface area contributed by atoms with Gasteiger partial charge in [0, 0.05) is 12.8 Å². The SMILES string of the molecule is CC(=O)CCc1ccc([C@@H](C)c2ccco2)o1. The van der Waals surface area contributed by atoms with Crippen molar-refractivity contribution in [2.45, 2.75) is 32.6 Å². The van der Waals surface area contributed by atoms with Crippen LogP contribution in [0.15, 0.2) is 39.4 Å². The summed E-state index contributed by atoms with van der Waals surface area (Å²) in [5, 5.41) is 0. The highest BCUT2D eigenvalue weighted by molar-refractivity contribution is 5.75. The van der Waals surface area contributed by atoms with Gasteiger partial charge in [-0.2, -0.15) is 0 Å². The van der Waals surface area contributed by atoms with E-state index in [1.165, 1.54) is 0 Å². The van der Waals surface area contributed by atoms with E-state index in [0.717, 1.165) is 17.3 Å². The molecule has 0 bridgehead atoms. The quantitative estimate of drug-likeness (QED) is 0.791. The molecule has 0 radical (unpaired) electrons. The minimum absolute atomic E-state index is 0.107. The molecule has 2 aromatic heterocycles. The van der Waals surface area contributed by atoms with Crippen molar-refractivity contribution >= 4 is 5.78 Å². The number of rotatable bonds is 5. The summed E-state index contributed by atoms with van der Waals surface area (Å²) < 4.78 is 11.1. The summed E-state index contributed by atoms with van der Waals surface area (Å²) in [6.07, 6.45) is 2.85. The molecule has 0 amide bonds. The van der Waals surface area contributed by atoms with Crippen LogP contribution in [0.1, 0.15) is 43.5 Å². The third-order valence-electron chi connectivity index (χ3n) is 2.80. The lowest BCUT2D eigenvalue weighted by atomic mass is 10.1. The molecule has 0 aliphatic rings. The van der Waals surface area contributed by atoms with Crippen LogP contribution in [-0.4, -0.2) is 5.78 Å². The van der Waals surface area contributed by atoms with E-state index < -0.39 is 0 Å². The van der Waals surface area contributed by atoms with E-state index in [9.17, 15) is 4.79 Å². The molecule has 0 saturated carbocycles. The molecule has 0 aliphatic carbocycles. The van der Waals surface area contributed by atoms with Gasteiger partial charge in [0.25, 0.3) is 0 Å². The lowest BCUT2D eigenvalue weighted by molar-refractivity contribution is -0.117. The Morgan fingerprint density at radius 1 is 1.29 bits per heavy atom. The van der Waals surface area contributed by atoms with Gasteiger partial charge < -0.3 is 13.6 Å². The van der Waals surface area contributed by atoms with Gasteiger partial charge in [0.1, 0.15) is 23.1 Å². The van der Waals surface area contributed by atoms with Crippen LogP contribution in [0.2, 0.25) is 0 Å². The number of ketones is 1. The Hall–Kier alpha value is -1.77. The molecular weight excluding hydrogens is 216 g/mol. The minimum atomic E-state index is 0.107. The number of hydrogen-bond acceptors (Lipinski definition) is 3. The minimum Gasteiger partial charge on any atom is -0.469 e. The summed E-state index contributed by atoms with van der Waals surface area (Å²) in [6, 6.07) is 7.67. The summed E-state index contributed by atoms with van der Waals surface area (Å²) in [6.45, 7) is 3.63. The fraction of sp³-hybridized carbons (Fsp3) is 0.357. The van der Waals surface area contributed by atoms with E-state index in [1.54, 1.807) is 13.2 Å². The molecule has 1 atom stereocenters. The van der Waals surface area contributed by atoms with Gasteiger partial charge in [-0.1, -0.05) is 0 Å². The Labute approximate surface area is 100 Å². The lowest BCUT2D eigenvalue weighted by Crippen LogP contribution is -1.93. The zero-order valence-electron chi connectivity index (χ0n) is 10.1. The molecule has 0 N–H and O–H groups in total. The molecule has 0 fully saturated rings. The number of Topliss-reactive ketones (excluding diaryl/α,β-unsaturated/α-hetero) is 1. The van der Waals surface area contributed by atoms with E-state index in [-0.39, 0.29) is 11.7 Å². The van der Waals surface area contributed by atoms with Gasteiger partial charge in [0.15, 0.2) is 0 Å². The van der Waals surface area contributed by atoms with Gasteiger partial charge in [0.2, 0.25) is 0 Å². The molecule has 0 aliphatic heterocycles. The van der Waals surface area contributed by atoms with Crippen LogP contribution in [0, 0.1) is 0 Å². The van der Waals surface area contributed by atoms with Gasteiger partial charge in [-0.25, -0.2) is 0 Å². The first-order chi connectivity index (χ1) is 8.16. The van der Waals surface area contributed by atoms with Crippen molar-refractivity contribution in [3.8, 4) is 0 Å². The van der Waals surface area contributed by atoms with Gasteiger partial charge in [-0.3, -0.25) is 0 Å². The smallest absolute Gasteiger partial charge is 0.130 e. The molecule has 0 spiro atoms. The van der Waals surface area contributed by atoms with Gasteiger partial charge in [0.05, 0.1) is 12.2 Å². The molecule has 3 heteroatoms. The number of hydrogen-bond donors (Lipinski definition) is 0. The largest absolute Gasteiger partial charge is 0.469 e. The fourth-order valence-corrected chi connectivity index (χ4v) is 1.74. The Morgan fingerprint density at radius 3 is 2.76 bits per heavy atom. The van der Waals surface area contributed by atoms with Gasteiger partial charge in [-0.15, -0.1) is 0 Å². The van der Waals surface area contributed by atoms with Crippen LogP contribution < -0.4 is 0 Å². The van der Waals surface area contributed by atoms with Gasteiger partial charge in [-0.05, 0) is 38.1 Å². The normalized spacial score (nSPS) is 12.6. The lowest BCUT2D eigenvalue weighted by Gasteiger charge is -2.04. The highest BCUT2D eigenvalue weighted by Gasteiger charge is 2.15. The predicted molar refractivity (Wildman–Crippen MR) is 63.9 cm³/mol. The fourth-order valence-electron chi connectivity index (χ4n) is 1.74. The molecule has 0 unspecified atom stereocenters. The maximum absolute atomic E-state index is 10.9. The standard InChI is InChI=1S/C14H16O3/c1-10(15)5-6-12-7-8-14(17-12)11(2)13-4-3-9-16-13/h3-4,7-9,11H,5-6H2,1-2H3/t11-/m0/s1. The zero-order chi connectivity index (χ0) is 12.3. The van der Waals surface area contributed by atoms with E-state index in [2.05, 4.69) is 0 Å². The van der Waals surface area contributed by atoms with Crippen molar-refractivity contribution in [2.75, 3.05) is 0 Å². The Kier molecular flexibility index (Phi) is 3.47. The molecule has 3 nitrogen and oxygen atoms in total. The van der Waals surface area contributed by atoms with Crippen LogP contribution >= 0.6 is 0 Å². The molecule has 2 heterocycles. The monoisotopic (exact) mass is 232 g/mol. The van der Waals surface area contributed by atoms with Crippen molar-refractivity contribution in [3.63, 3.8) is 0 Å². The van der Waals surface area contributed by atoms with Crippen molar-refractivity contribution < 1.29 is 13.6 Å². The van der Waals surface area contributed by atoms with Crippen LogP contribution in [-0.2, 0) is 11.2 Å². The highest BCUT2D eigenvalue weighted by atomic mass is 16.4. The average Bonchev–Trinajstić information content (AvgIpc) is 2.97. The molecule has 17 heavy (non-hydrogen) atoms. The maximum atomic E-state index is 10.9. The Bertz CT molecular complexity index is 479. The van der Waals surface area contributed by atoms with Crippen LogP contribution in [0.3, 0.4) is 0 Å². The Balaban J connectivity index is 2.05. The first-order valence-electron chi connectivity index (χ1n) is 5.78. The van der Waals surface area contributed by atoms with Crippen molar-refractivity contribution in [1.29, 1.82) is 0 Å². The van der Waals surface area contributed by atoms with Crippen molar-refractivity contribution in [1.82, 2.24) is 0 Å². The average molecular weight is 232 g/mol. The van der Waals surface area contributed by atoms with Crippen LogP contribution in [0.25, 0.3) is 0 Å². The van der Waals surface area contributed by atoms with Crippen LogP contribution in [0.4, 0.5) is 0 Å². The predicted octanol–water partition coefficient (Wildman–Crippen LogP) is 3.55. The molecular formula is C14H16O3. The Morgan fingerprint density at radius 2 is 2.12 bits per heavy atom. The second-order valence-electron chi connectivity index (χ2n) is 4.24. The number of carbonyl (C=O) groups is 1. The molecule has 90 valence electrons. The van der Waals surface area contributed by atoms with E-state index in [1.807, 2.05) is 31.2 Å². The number of furan rings is 2. The highest BCUT2D eigenvalue weighted by Crippen LogP contribution is 2.26.